The summed E-state index contributed by atoms with van der Waals surface area (Å²) in [5.74, 6) is -1.88. The van der Waals surface area contributed by atoms with Crippen LogP contribution in [0.1, 0.15) is 70.9 Å². The van der Waals surface area contributed by atoms with E-state index in [4.69, 9.17) is 9.47 Å². The highest BCUT2D eigenvalue weighted by Crippen LogP contribution is 2.44. The number of fused-ring (bicyclic) bond motifs is 3. The largest absolute Gasteiger partial charge is 0.480 e. The highest BCUT2D eigenvalue weighted by molar-refractivity contribution is 5.90. The minimum atomic E-state index is -1.52. The quantitative estimate of drug-likeness (QED) is 0.299. The zero-order chi connectivity index (χ0) is 29.5. The molecule has 0 spiro atoms. The monoisotopic (exact) mass is 553 g/mol. The Kier molecular flexibility index (Phi) is 9.78. The average molecular weight is 554 g/mol. The fraction of sp³-hybridized carbons (Fsp3) is 0.467. The second-order valence-corrected chi connectivity index (χ2v) is 11.4. The fourth-order valence-corrected chi connectivity index (χ4v) is 4.48. The summed E-state index contributed by atoms with van der Waals surface area (Å²) in [7, 11) is 0. The van der Waals surface area contributed by atoms with Gasteiger partial charge >= 0.3 is 18.2 Å². The number of hydrogen-bond donors (Lipinski definition) is 4. The van der Waals surface area contributed by atoms with Crippen molar-refractivity contribution in [1.82, 2.24) is 16.0 Å². The molecule has 0 aliphatic heterocycles. The number of alkyl carbamates (subject to hydrolysis) is 2. The summed E-state index contributed by atoms with van der Waals surface area (Å²) in [6.45, 7) is 8.32. The predicted molar refractivity (Wildman–Crippen MR) is 150 cm³/mol. The second kappa shape index (κ2) is 12.8. The van der Waals surface area contributed by atoms with Crippen molar-refractivity contribution >= 4 is 24.1 Å². The third kappa shape index (κ3) is 8.21. The van der Waals surface area contributed by atoms with E-state index >= 15 is 0 Å². The van der Waals surface area contributed by atoms with Crippen LogP contribution in [-0.4, -0.2) is 59.5 Å². The molecular formula is C30H39N3O7. The molecule has 40 heavy (non-hydrogen) atoms. The molecule has 1 aliphatic carbocycles. The standard InChI is InChI=1S/C30H39N3O7/c1-29(2,3)40-28(38)32-24(25(34)33-30(4,5)26(35)36)16-10-11-17-31-27(37)39-18-23-21-14-8-6-12-19(21)20-13-7-9-15-22(20)23/h6-9,12-15,23-24H,10-11,16-18H2,1-5H3,(H,31,37)(H,32,38)(H,33,34)(H,35,36). The van der Waals surface area contributed by atoms with Gasteiger partial charge in [-0.05, 0) is 76.1 Å². The van der Waals surface area contributed by atoms with Crippen molar-refractivity contribution in [2.45, 2.75) is 77.0 Å². The summed E-state index contributed by atoms with van der Waals surface area (Å²) in [6, 6.07) is 15.2. The number of aliphatic carboxylic acids is 1. The van der Waals surface area contributed by atoms with Crippen molar-refractivity contribution in [3.8, 4) is 11.1 Å². The summed E-state index contributed by atoms with van der Waals surface area (Å²) in [6.07, 6.45) is -0.131. The zero-order valence-corrected chi connectivity index (χ0v) is 23.7. The SMILES string of the molecule is CC(C)(C)OC(=O)NC(CCCCNC(=O)OCC1c2ccccc2-c2ccccc21)C(=O)NC(C)(C)C(=O)O. The van der Waals surface area contributed by atoms with E-state index in [2.05, 4.69) is 40.2 Å². The molecule has 4 N–H and O–H groups in total. The molecule has 0 saturated carbocycles. The van der Waals surface area contributed by atoms with E-state index in [0.29, 0.717) is 19.4 Å². The Morgan fingerprint density at radius 3 is 2.00 bits per heavy atom. The molecular weight excluding hydrogens is 514 g/mol. The fourth-order valence-electron chi connectivity index (χ4n) is 4.48. The molecule has 3 rings (SSSR count). The highest BCUT2D eigenvalue weighted by Gasteiger charge is 2.33. The Bertz CT molecular complexity index is 1190. The molecule has 1 atom stereocenters. The van der Waals surface area contributed by atoms with Gasteiger partial charge in [-0.1, -0.05) is 48.5 Å². The Hall–Kier alpha value is -4.08. The maximum absolute atomic E-state index is 12.8. The summed E-state index contributed by atoms with van der Waals surface area (Å²) < 4.78 is 10.8. The van der Waals surface area contributed by atoms with Crippen LogP contribution in [0.25, 0.3) is 11.1 Å². The molecule has 10 nitrogen and oxygen atoms in total. The molecule has 0 saturated heterocycles. The average Bonchev–Trinajstić information content (AvgIpc) is 3.18. The van der Waals surface area contributed by atoms with Crippen LogP contribution in [0.2, 0.25) is 0 Å². The summed E-state index contributed by atoms with van der Waals surface area (Å²) >= 11 is 0. The number of carbonyl (C=O) groups excluding carboxylic acids is 3. The molecule has 2 aromatic carbocycles. The van der Waals surface area contributed by atoms with Gasteiger partial charge in [0.05, 0.1) is 0 Å². The lowest BCUT2D eigenvalue weighted by Gasteiger charge is -2.27. The lowest BCUT2D eigenvalue weighted by Crippen LogP contribution is -2.56. The molecule has 0 fully saturated rings. The van der Waals surface area contributed by atoms with Gasteiger partial charge in [-0.3, -0.25) is 4.79 Å². The lowest BCUT2D eigenvalue weighted by atomic mass is 9.98. The first-order chi connectivity index (χ1) is 18.8. The van der Waals surface area contributed by atoms with Crippen molar-refractivity contribution in [2.75, 3.05) is 13.2 Å². The maximum atomic E-state index is 12.8. The van der Waals surface area contributed by atoms with E-state index < -0.39 is 41.2 Å². The van der Waals surface area contributed by atoms with E-state index in [1.807, 2.05) is 24.3 Å². The van der Waals surface area contributed by atoms with E-state index in [0.717, 1.165) is 22.3 Å². The number of rotatable bonds is 11. The molecule has 10 heteroatoms. The minimum Gasteiger partial charge on any atom is -0.480 e. The van der Waals surface area contributed by atoms with Gasteiger partial charge in [0.15, 0.2) is 0 Å². The smallest absolute Gasteiger partial charge is 0.408 e. The number of benzene rings is 2. The number of carboxylic acids is 1. The number of amides is 3. The Morgan fingerprint density at radius 2 is 1.45 bits per heavy atom. The molecule has 2 aromatic rings. The van der Waals surface area contributed by atoms with Crippen LogP contribution in [0.15, 0.2) is 48.5 Å². The van der Waals surface area contributed by atoms with Gasteiger partial charge in [0.1, 0.15) is 23.8 Å². The van der Waals surface area contributed by atoms with Crippen LogP contribution in [0.4, 0.5) is 9.59 Å². The van der Waals surface area contributed by atoms with E-state index in [-0.39, 0.29) is 18.9 Å². The topological polar surface area (TPSA) is 143 Å². The Labute approximate surface area is 234 Å². The van der Waals surface area contributed by atoms with Gasteiger partial charge in [-0.15, -0.1) is 0 Å². The van der Waals surface area contributed by atoms with Crippen LogP contribution < -0.4 is 16.0 Å². The molecule has 216 valence electrons. The number of carboxylic acid groups (broad SMARTS) is 1. The third-order valence-electron chi connectivity index (χ3n) is 6.51. The van der Waals surface area contributed by atoms with Gasteiger partial charge < -0.3 is 30.5 Å². The predicted octanol–water partition coefficient (Wildman–Crippen LogP) is 4.57. The van der Waals surface area contributed by atoms with Crippen molar-refractivity contribution in [3.05, 3.63) is 59.7 Å². The Morgan fingerprint density at radius 1 is 0.875 bits per heavy atom. The first-order valence-electron chi connectivity index (χ1n) is 13.4. The van der Waals surface area contributed by atoms with Crippen molar-refractivity contribution in [1.29, 1.82) is 0 Å². The van der Waals surface area contributed by atoms with Gasteiger partial charge in [-0.25, -0.2) is 14.4 Å². The molecule has 0 bridgehead atoms. The first kappa shape index (κ1) is 30.5. The van der Waals surface area contributed by atoms with Crippen molar-refractivity contribution in [3.63, 3.8) is 0 Å². The van der Waals surface area contributed by atoms with Gasteiger partial charge in [0.2, 0.25) is 5.91 Å². The maximum Gasteiger partial charge on any atom is 0.408 e. The van der Waals surface area contributed by atoms with Gasteiger partial charge in [0.25, 0.3) is 0 Å². The normalized spacial score (nSPS) is 13.4. The molecule has 0 heterocycles. The first-order valence-corrected chi connectivity index (χ1v) is 13.4. The third-order valence-corrected chi connectivity index (χ3v) is 6.51. The second-order valence-electron chi connectivity index (χ2n) is 11.4. The van der Waals surface area contributed by atoms with Gasteiger partial charge in [-0.2, -0.15) is 0 Å². The van der Waals surface area contributed by atoms with Crippen LogP contribution in [0, 0.1) is 0 Å². The van der Waals surface area contributed by atoms with Crippen LogP contribution >= 0.6 is 0 Å². The van der Waals surface area contributed by atoms with Crippen molar-refractivity contribution < 1.29 is 33.8 Å². The molecule has 0 aromatic heterocycles. The summed E-state index contributed by atoms with van der Waals surface area (Å²) in [4.78, 5) is 48.9. The van der Waals surface area contributed by atoms with Crippen LogP contribution in [0.5, 0.6) is 0 Å². The van der Waals surface area contributed by atoms with Crippen LogP contribution in [-0.2, 0) is 19.1 Å². The summed E-state index contributed by atoms with van der Waals surface area (Å²) in [5, 5.41) is 17.0. The number of nitrogens with one attached hydrogen (secondary N) is 3. The zero-order valence-electron chi connectivity index (χ0n) is 23.7. The molecule has 3 amide bonds. The minimum absolute atomic E-state index is 0.0357. The molecule has 1 unspecified atom stereocenters. The lowest BCUT2D eigenvalue weighted by molar-refractivity contribution is -0.146. The molecule has 1 aliphatic rings. The van der Waals surface area contributed by atoms with E-state index in [1.165, 1.54) is 13.8 Å². The summed E-state index contributed by atoms with van der Waals surface area (Å²) in [5.41, 5.74) is 2.28. The highest BCUT2D eigenvalue weighted by atomic mass is 16.6. The van der Waals surface area contributed by atoms with Crippen molar-refractivity contribution in [2.24, 2.45) is 0 Å². The Balaban J connectivity index is 1.48. The number of carbonyl (C=O) groups is 4. The number of hydrogen-bond acceptors (Lipinski definition) is 6. The van der Waals surface area contributed by atoms with Crippen LogP contribution in [0.3, 0.4) is 0 Å². The number of ether oxygens (including phenoxy) is 2. The number of unbranched alkanes of at least 4 members (excludes halogenated alkanes) is 1. The van der Waals surface area contributed by atoms with E-state index in [1.54, 1.807) is 20.8 Å². The van der Waals surface area contributed by atoms with E-state index in [9.17, 15) is 24.3 Å². The van der Waals surface area contributed by atoms with Gasteiger partial charge in [0, 0.05) is 12.5 Å². The molecule has 0 radical (unpaired) electrons.